The van der Waals surface area contributed by atoms with E-state index in [-0.39, 0.29) is 5.56 Å². The number of hydrogen-bond donors (Lipinski definition) is 2. The minimum Gasteiger partial charge on any atom is -0.352 e. The first-order valence-corrected chi connectivity index (χ1v) is 7.53. The normalized spacial score (nSPS) is 15.9. The van der Waals surface area contributed by atoms with Gasteiger partial charge in [-0.2, -0.15) is 0 Å². The number of rotatable bonds is 4. The third-order valence-corrected chi connectivity index (χ3v) is 4.20. The van der Waals surface area contributed by atoms with Crippen LogP contribution in [0.4, 0.5) is 4.39 Å². The molecule has 0 aliphatic heterocycles. The van der Waals surface area contributed by atoms with Crippen molar-refractivity contribution in [1.82, 2.24) is 5.32 Å². The highest BCUT2D eigenvalue weighted by molar-refractivity contribution is 7.89. The highest BCUT2D eigenvalue weighted by Crippen LogP contribution is 2.25. The Balaban J connectivity index is 2.13. The third-order valence-electron chi connectivity index (χ3n) is 3.28. The highest BCUT2D eigenvalue weighted by atomic mass is 32.2. The monoisotopic (exact) mass is 286 g/mol. The van der Waals surface area contributed by atoms with Gasteiger partial charge < -0.3 is 5.32 Å². The Morgan fingerprint density at radius 3 is 2.63 bits per heavy atom. The number of halogens is 1. The lowest BCUT2D eigenvalue weighted by atomic mass is 9.85. The van der Waals surface area contributed by atoms with Crippen LogP contribution in [0.3, 0.4) is 0 Å². The summed E-state index contributed by atoms with van der Waals surface area (Å²) in [5.74, 6) is -0.892. The van der Waals surface area contributed by atoms with Crippen LogP contribution in [-0.2, 0) is 10.0 Å². The zero-order valence-corrected chi connectivity index (χ0v) is 11.0. The fraction of sp³-hybridized carbons (Fsp3) is 0.417. The molecule has 104 valence electrons. The first-order chi connectivity index (χ1) is 8.88. The second-order valence-corrected chi connectivity index (χ2v) is 6.23. The Morgan fingerprint density at radius 2 is 2.11 bits per heavy atom. The lowest BCUT2D eigenvalue weighted by Crippen LogP contribution is -2.32. The maximum Gasteiger partial charge on any atom is 0.251 e. The van der Waals surface area contributed by atoms with E-state index in [4.69, 9.17) is 5.14 Å². The van der Waals surface area contributed by atoms with E-state index in [1.807, 2.05) is 0 Å². The number of carbonyl (C=O) groups is 1. The second-order valence-electron chi connectivity index (χ2n) is 4.70. The van der Waals surface area contributed by atoms with Crippen molar-refractivity contribution < 1.29 is 17.6 Å². The van der Waals surface area contributed by atoms with Crippen LogP contribution < -0.4 is 10.5 Å². The highest BCUT2D eigenvalue weighted by Gasteiger charge is 2.20. The first kappa shape index (κ1) is 14.0. The minimum atomic E-state index is -4.17. The summed E-state index contributed by atoms with van der Waals surface area (Å²) >= 11 is 0. The number of sulfonamides is 1. The molecule has 0 saturated heterocycles. The quantitative estimate of drug-likeness (QED) is 0.865. The molecule has 1 fully saturated rings. The molecular weight excluding hydrogens is 271 g/mol. The van der Waals surface area contributed by atoms with Gasteiger partial charge >= 0.3 is 0 Å². The summed E-state index contributed by atoms with van der Waals surface area (Å²) in [6.45, 7) is 0.556. The van der Waals surface area contributed by atoms with Crippen molar-refractivity contribution in [2.24, 2.45) is 11.1 Å². The number of hydrogen-bond acceptors (Lipinski definition) is 3. The van der Waals surface area contributed by atoms with E-state index in [2.05, 4.69) is 5.32 Å². The van der Waals surface area contributed by atoms with E-state index in [0.29, 0.717) is 12.5 Å². The Bertz CT molecular complexity index is 597. The van der Waals surface area contributed by atoms with Gasteiger partial charge in [0.2, 0.25) is 10.0 Å². The van der Waals surface area contributed by atoms with Crippen LogP contribution in [0, 0.1) is 11.7 Å². The smallest absolute Gasteiger partial charge is 0.251 e. The molecule has 0 unspecified atom stereocenters. The SMILES string of the molecule is NS(=O)(=O)c1cc(C(=O)NCC2CCC2)ccc1F. The van der Waals surface area contributed by atoms with Gasteiger partial charge in [-0.05, 0) is 37.0 Å². The van der Waals surface area contributed by atoms with Crippen molar-refractivity contribution in [2.45, 2.75) is 24.2 Å². The lowest BCUT2D eigenvalue weighted by molar-refractivity contribution is 0.0939. The van der Waals surface area contributed by atoms with Crippen LogP contribution in [-0.4, -0.2) is 20.9 Å². The number of amides is 1. The van der Waals surface area contributed by atoms with Gasteiger partial charge in [0.15, 0.2) is 0 Å². The molecule has 5 nitrogen and oxygen atoms in total. The lowest BCUT2D eigenvalue weighted by Gasteiger charge is -2.25. The van der Waals surface area contributed by atoms with Crippen molar-refractivity contribution in [3.8, 4) is 0 Å². The molecule has 3 N–H and O–H groups in total. The molecule has 0 atom stereocenters. The molecule has 7 heteroatoms. The van der Waals surface area contributed by atoms with Crippen LogP contribution >= 0.6 is 0 Å². The van der Waals surface area contributed by atoms with Gasteiger partial charge in [0.25, 0.3) is 5.91 Å². The molecule has 0 spiro atoms. The molecule has 2 rings (SSSR count). The maximum absolute atomic E-state index is 13.3. The predicted molar refractivity (Wildman–Crippen MR) is 67.4 cm³/mol. The maximum atomic E-state index is 13.3. The van der Waals surface area contributed by atoms with E-state index in [9.17, 15) is 17.6 Å². The van der Waals surface area contributed by atoms with Crippen molar-refractivity contribution >= 4 is 15.9 Å². The molecule has 1 saturated carbocycles. The Labute approximate surface area is 111 Å². The average Bonchev–Trinajstić information content (AvgIpc) is 2.25. The van der Waals surface area contributed by atoms with Gasteiger partial charge in [0, 0.05) is 12.1 Å². The van der Waals surface area contributed by atoms with Crippen LogP contribution in [0.2, 0.25) is 0 Å². The van der Waals surface area contributed by atoms with Gasteiger partial charge in [0.05, 0.1) is 0 Å². The molecular formula is C12H15FN2O3S. The molecule has 0 radical (unpaired) electrons. The summed E-state index contributed by atoms with van der Waals surface area (Å²) in [7, 11) is -4.17. The third kappa shape index (κ3) is 3.30. The fourth-order valence-corrected chi connectivity index (χ4v) is 2.53. The first-order valence-electron chi connectivity index (χ1n) is 5.98. The Morgan fingerprint density at radius 1 is 1.42 bits per heavy atom. The second kappa shape index (κ2) is 5.26. The summed E-state index contributed by atoms with van der Waals surface area (Å²) in [6, 6.07) is 3.12. The molecule has 19 heavy (non-hydrogen) atoms. The molecule has 0 aromatic heterocycles. The Hall–Kier alpha value is -1.47. The van der Waals surface area contributed by atoms with E-state index >= 15 is 0 Å². The molecule has 1 aliphatic rings. The molecule has 1 aromatic carbocycles. The van der Waals surface area contributed by atoms with E-state index < -0.39 is 26.6 Å². The fourth-order valence-electron chi connectivity index (χ4n) is 1.90. The average molecular weight is 286 g/mol. The van der Waals surface area contributed by atoms with Crippen molar-refractivity contribution in [3.63, 3.8) is 0 Å². The van der Waals surface area contributed by atoms with Crippen LogP contribution in [0.1, 0.15) is 29.6 Å². The van der Waals surface area contributed by atoms with E-state index in [0.717, 1.165) is 25.0 Å². The van der Waals surface area contributed by atoms with E-state index in [1.165, 1.54) is 12.5 Å². The number of primary sulfonamides is 1. The topological polar surface area (TPSA) is 89.3 Å². The Kier molecular flexibility index (Phi) is 3.86. The van der Waals surface area contributed by atoms with Crippen molar-refractivity contribution in [1.29, 1.82) is 0 Å². The van der Waals surface area contributed by atoms with Crippen molar-refractivity contribution in [2.75, 3.05) is 6.54 Å². The minimum absolute atomic E-state index is 0.0877. The summed E-state index contributed by atoms with van der Waals surface area (Å²) in [4.78, 5) is 11.1. The van der Waals surface area contributed by atoms with Gasteiger partial charge in [-0.25, -0.2) is 17.9 Å². The number of carbonyl (C=O) groups excluding carboxylic acids is 1. The van der Waals surface area contributed by atoms with Crippen LogP contribution in [0.25, 0.3) is 0 Å². The molecule has 1 aliphatic carbocycles. The zero-order chi connectivity index (χ0) is 14.0. The van der Waals surface area contributed by atoms with Gasteiger partial charge in [0.1, 0.15) is 10.7 Å². The van der Waals surface area contributed by atoms with Crippen molar-refractivity contribution in [3.05, 3.63) is 29.6 Å². The molecule has 0 heterocycles. The molecule has 0 bridgehead atoms. The standard InChI is InChI=1S/C12H15FN2O3S/c13-10-5-4-9(6-11(10)19(14,17)18)12(16)15-7-8-2-1-3-8/h4-6,8H,1-3,7H2,(H,15,16)(H2,14,17,18). The van der Waals surface area contributed by atoms with Crippen LogP contribution in [0.15, 0.2) is 23.1 Å². The van der Waals surface area contributed by atoms with Gasteiger partial charge in [-0.15, -0.1) is 0 Å². The largest absolute Gasteiger partial charge is 0.352 e. The number of nitrogens with two attached hydrogens (primary N) is 1. The summed E-state index contributed by atoms with van der Waals surface area (Å²) in [6.07, 6.45) is 3.35. The van der Waals surface area contributed by atoms with Gasteiger partial charge in [-0.3, -0.25) is 4.79 Å². The summed E-state index contributed by atoms with van der Waals surface area (Å²) in [5, 5.41) is 7.58. The number of nitrogens with one attached hydrogen (secondary N) is 1. The van der Waals surface area contributed by atoms with Crippen LogP contribution in [0.5, 0.6) is 0 Å². The van der Waals surface area contributed by atoms with Gasteiger partial charge in [-0.1, -0.05) is 6.42 Å². The molecule has 1 aromatic rings. The molecule has 1 amide bonds. The summed E-state index contributed by atoms with van der Waals surface area (Å²) in [5.41, 5.74) is 0.0877. The summed E-state index contributed by atoms with van der Waals surface area (Å²) < 4.78 is 35.6. The number of benzene rings is 1. The van der Waals surface area contributed by atoms with E-state index in [1.54, 1.807) is 0 Å². The zero-order valence-electron chi connectivity index (χ0n) is 10.2. The predicted octanol–water partition coefficient (Wildman–Crippen LogP) is 1.00.